The molecule has 1 unspecified atom stereocenters. The highest BCUT2D eigenvalue weighted by Crippen LogP contribution is 2.26. The van der Waals surface area contributed by atoms with E-state index in [-0.39, 0.29) is 5.91 Å². The number of hydrogen-bond donors (Lipinski definition) is 1. The van der Waals surface area contributed by atoms with E-state index in [4.69, 9.17) is 11.6 Å². The number of benzene rings is 1. The van der Waals surface area contributed by atoms with E-state index >= 15 is 0 Å². The van der Waals surface area contributed by atoms with Crippen molar-refractivity contribution in [1.29, 1.82) is 0 Å². The maximum Gasteiger partial charge on any atom is 0.251 e. The summed E-state index contributed by atoms with van der Waals surface area (Å²) < 4.78 is 0. The molecule has 1 aliphatic heterocycles. The fraction of sp³-hybridized carbons (Fsp3) is 0.632. The molecular formula is C19H27ClN2O. The first kappa shape index (κ1) is 16.8. The number of rotatable bonds is 4. The molecule has 3 nitrogen and oxygen atoms in total. The minimum atomic E-state index is 0.0391. The molecule has 1 aromatic rings. The predicted molar refractivity (Wildman–Crippen MR) is 95.0 cm³/mol. The zero-order valence-corrected chi connectivity index (χ0v) is 14.5. The average molecular weight is 335 g/mol. The molecule has 0 spiro atoms. The van der Waals surface area contributed by atoms with Crippen molar-refractivity contribution in [3.63, 3.8) is 0 Å². The van der Waals surface area contributed by atoms with Crippen LogP contribution >= 0.6 is 11.6 Å². The lowest BCUT2D eigenvalue weighted by atomic mass is 9.83. The van der Waals surface area contributed by atoms with Crippen molar-refractivity contribution in [2.75, 3.05) is 19.6 Å². The molecule has 1 saturated heterocycles. The first-order valence-corrected chi connectivity index (χ1v) is 9.39. The van der Waals surface area contributed by atoms with Crippen LogP contribution in [0, 0.1) is 5.92 Å². The second-order valence-corrected chi connectivity index (χ2v) is 7.43. The van der Waals surface area contributed by atoms with Crippen LogP contribution in [0.5, 0.6) is 0 Å². The van der Waals surface area contributed by atoms with Gasteiger partial charge in [-0.25, -0.2) is 0 Å². The number of carbonyl (C=O) groups is 1. The lowest BCUT2D eigenvalue weighted by Crippen LogP contribution is -2.47. The van der Waals surface area contributed by atoms with Crippen LogP contribution < -0.4 is 5.32 Å². The summed E-state index contributed by atoms with van der Waals surface area (Å²) in [5.41, 5.74) is 0.705. The lowest BCUT2D eigenvalue weighted by molar-refractivity contribution is 0.0877. The summed E-state index contributed by atoms with van der Waals surface area (Å²) >= 11 is 5.90. The second kappa shape index (κ2) is 8.16. The van der Waals surface area contributed by atoms with E-state index in [2.05, 4.69) is 10.2 Å². The number of carbonyl (C=O) groups excluding carboxylic acids is 1. The minimum Gasteiger partial charge on any atom is -0.349 e. The maximum absolute atomic E-state index is 12.5. The Morgan fingerprint density at radius 2 is 1.74 bits per heavy atom. The molecule has 23 heavy (non-hydrogen) atoms. The normalized spacial score (nSPS) is 26.0. The fourth-order valence-electron chi connectivity index (χ4n) is 3.94. The van der Waals surface area contributed by atoms with Crippen LogP contribution in [0.25, 0.3) is 0 Å². The average Bonchev–Trinajstić information content (AvgIpc) is 2.58. The number of halogens is 1. The molecule has 4 heteroatoms. The van der Waals surface area contributed by atoms with Crippen LogP contribution in [0.2, 0.25) is 5.02 Å². The van der Waals surface area contributed by atoms with Crippen LogP contribution in [0.1, 0.15) is 55.3 Å². The summed E-state index contributed by atoms with van der Waals surface area (Å²) in [7, 11) is 0. The molecule has 2 atom stereocenters. The van der Waals surface area contributed by atoms with Crippen LogP contribution in [0.3, 0.4) is 0 Å². The van der Waals surface area contributed by atoms with Crippen molar-refractivity contribution < 1.29 is 4.79 Å². The van der Waals surface area contributed by atoms with Gasteiger partial charge in [0.25, 0.3) is 5.91 Å². The van der Waals surface area contributed by atoms with Gasteiger partial charge in [0.15, 0.2) is 0 Å². The molecule has 0 radical (unpaired) electrons. The maximum atomic E-state index is 12.5. The smallest absolute Gasteiger partial charge is 0.251 e. The van der Waals surface area contributed by atoms with Crippen molar-refractivity contribution in [2.24, 2.45) is 5.92 Å². The highest BCUT2D eigenvalue weighted by atomic mass is 35.5. The van der Waals surface area contributed by atoms with Gasteiger partial charge in [-0.2, -0.15) is 0 Å². The van der Waals surface area contributed by atoms with Gasteiger partial charge in [-0.1, -0.05) is 30.9 Å². The van der Waals surface area contributed by atoms with Gasteiger partial charge >= 0.3 is 0 Å². The van der Waals surface area contributed by atoms with E-state index < -0.39 is 0 Å². The van der Waals surface area contributed by atoms with Gasteiger partial charge in [0.05, 0.1) is 0 Å². The molecule has 126 valence electrons. The molecule has 1 saturated carbocycles. The Morgan fingerprint density at radius 1 is 1.04 bits per heavy atom. The van der Waals surface area contributed by atoms with E-state index in [1.54, 1.807) is 24.3 Å². The number of nitrogens with zero attached hydrogens (tertiary/aromatic N) is 1. The van der Waals surface area contributed by atoms with Crippen molar-refractivity contribution in [3.05, 3.63) is 34.9 Å². The number of piperidine rings is 1. The molecule has 3 rings (SSSR count). The molecule has 0 aromatic heterocycles. The predicted octanol–water partition coefficient (Wildman–Crippen LogP) is 4.11. The molecule has 1 amide bonds. The first-order valence-electron chi connectivity index (χ1n) is 9.01. The quantitative estimate of drug-likeness (QED) is 0.898. The van der Waals surface area contributed by atoms with Gasteiger partial charge < -0.3 is 10.2 Å². The molecule has 2 aliphatic rings. The Labute approximate surface area is 144 Å². The number of hydrogen-bond acceptors (Lipinski definition) is 2. The Kier molecular flexibility index (Phi) is 5.96. The van der Waals surface area contributed by atoms with Crippen LogP contribution in [0.15, 0.2) is 24.3 Å². The SMILES string of the molecule is O=C(NC1CCCC[C@H]1CN1CCCCC1)c1ccc(Cl)cc1. The summed E-state index contributed by atoms with van der Waals surface area (Å²) in [5.74, 6) is 0.635. The summed E-state index contributed by atoms with van der Waals surface area (Å²) in [4.78, 5) is 15.1. The Bertz CT molecular complexity index is 511. The minimum absolute atomic E-state index is 0.0391. The Morgan fingerprint density at radius 3 is 2.48 bits per heavy atom. The van der Waals surface area contributed by atoms with Crippen molar-refractivity contribution in [3.8, 4) is 0 Å². The number of nitrogens with one attached hydrogen (secondary N) is 1. The number of amides is 1. The zero-order valence-electron chi connectivity index (χ0n) is 13.8. The molecule has 2 fully saturated rings. The molecule has 0 bridgehead atoms. The molecular weight excluding hydrogens is 308 g/mol. The molecule has 1 heterocycles. The van der Waals surface area contributed by atoms with Gasteiger partial charge in [0, 0.05) is 23.2 Å². The first-order chi connectivity index (χ1) is 11.2. The Hall–Kier alpha value is -1.06. The van der Waals surface area contributed by atoms with Gasteiger partial charge in [-0.05, 0) is 69.0 Å². The molecule has 1 aromatic carbocycles. The van der Waals surface area contributed by atoms with Crippen LogP contribution in [-0.4, -0.2) is 36.5 Å². The summed E-state index contributed by atoms with van der Waals surface area (Å²) in [6.45, 7) is 3.61. The third-order valence-corrected chi connectivity index (χ3v) is 5.53. The highest BCUT2D eigenvalue weighted by molar-refractivity contribution is 6.30. The van der Waals surface area contributed by atoms with Crippen LogP contribution in [0.4, 0.5) is 0 Å². The van der Waals surface area contributed by atoms with Crippen molar-refractivity contribution >= 4 is 17.5 Å². The largest absolute Gasteiger partial charge is 0.349 e. The second-order valence-electron chi connectivity index (χ2n) is 6.99. The monoisotopic (exact) mass is 334 g/mol. The third kappa shape index (κ3) is 4.71. The third-order valence-electron chi connectivity index (χ3n) is 5.27. The number of likely N-dealkylation sites (tertiary alicyclic amines) is 1. The van der Waals surface area contributed by atoms with Gasteiger partial charge in [-0.15, -0.1) is 0 Å². The standard InChI is InChI=1S/C19H27ClN2O/c20-17-10-8-15(9-11-17)19(23)21-18-7-3-2-6-16(18)14-22-12-4-1-5-13-22/h8-11,16,18H,1-7,12-14H2,(H,21,23)/t16-,18?/m0/s1. The molecule has 1 N–H and O–H groups in total. The van der Waals surface area contributed by atoms with Crippen LogP contribution in [-0.2, 0) is 0 Å². The zero-order chi connectivity index (χ0) is 16.1. The summed E-state index contributed by atoms with van der Waals surface area (Å²) in [6.07, 6.45) is 8.90. The topological polar surface area (TPSA) is 32.3 Å². The van der Waals surface area contributed by atoms with Crippen molar-refractivity contribution in [2.45, 2.75) is 51.0 Å². The summed E-state index contributed by atoms with van der Waals surface area (Å²) in [6, 6.07) is 7.49. The van der Waals surface area contributed by atoms with E-state index in [1.165, 1.54) is 51.6 Å². The highest BCUT2D eigenvalue weighted by Gasteiger charge is 2.28. The summed E-state index contributed by atoms with van der Waals surface area (Å²) in [5, 5.41) is 3.95. The fourth-order valence-corrected chi connectivity index (χ4v) is 4.07. The van der Waals surface area contributed by atoms with Gasteiger partial charge in [0.1, 0.15) is 0 Å². The van der Waals surface area contributed by atoms with E-state index in [0.29, 0.717) is 22.5 Å². The van der Waals surface area contributed by atoms with E-state index in [9.17, 15) is 4.79 Å². The van der Waals surface area contributed by atoms with Gasteiger partial charge in [-0.3, -0.25) is 4.79 Å². The van der Waals surface area contributed by atoms with E-state index in [0.717, 1.165) is 13.0 Å². The van der Waals surface area contributed by atoms with E-state index in [1.807, 2.05) is 0 Å². The Balaban J connectivity index is 1.59. The lowest BCUT2D eigenvalue weighted by Gasteiger charge is -2.37. The van der Waals surface area contributed by atoms with Crippen molar-refractivity contribution in [1.82, 2.24) is 10.2 Å². The molecule has 1 aliphatic carbocycles. The van der Waals surface area contributed by atoms with Gasteiger partial charge in [0.2, 0.25) is 0 Å².